The molecule has 16 heavy (non-hydrogen) atoms. The SMILES string of the molecule is CC(C)(C)CCn1cnc(CNC2CC2)n1. The minimum absolute atomic E-state index is 0.359. The highest BCUT2D eigenvalue weighted by Crippen LogP contribution is 2.19. The topological polar surface area (TPSA) is 42.7 Å². The first kappa shape index (κ1) is 11.6. The molecule has 0 aromatic carbocycles. The van der Waals surface area contributed by atoms with Crippen LogP contribution < -0.4 is 5.32 Å². The summed E-state index contributed by atoms with van der Waals surface area (Å²) in [6, 6.07) is 0.724. The van der Waals surface area contributed by atoms with Crippen molar-refractivity contribution >= 4 is 0 Å². The van der Waals surface area contributed by atoms with E-state index in [4.69, 9.17) is 0 Å². The van der Waals surface area contributed by atoms with Gasteiger partial charge in [-0.1, -0.05) is 20.8 Å². The average Bonchev–Trinajstić information content (AvgIpc) is 2.91. The fraction of sp³-hybridized carbons (Fsp3) is 0.833. The summed E-state index contributed by atoms with van der Waals surface area (Å²) >= 11 is 0. The van der Waals surface area contributed by atoms with Gasteiger partial charge in [-0.25, -0.2) is 4.98 Å². The molecule has 0 atom stereocenters. The zero-order valence-corrected chi connectivity index (χ0v) is 10.5. The van der Waals surface area contributed by atoms with Gasteiger partial charge in [0.05, 0.1) is 6.54 Å². The van der Waals surface area contributed by atoms with E-state index in [1.165, 1.54) is 12.8 Å². The van der Waals surface area contributed by atoms with Crippen molar-refractivity contribution in [3.63, 3.8) is 0 Å². The quantitative estimate of drug-likeness (QED) is 0.828. The van der Waals surface area contributed by atoms with Gasteiger partial charge in [-0.3, -0.25) is 4.68 Å². The standard InChI is InChI=1S/C12H22N4/c1-12(2,3)6-7-16-9-14-11(15-16)8-13-10-4-5-10/h9-10,13H,4-8H2,1-3H3. The summed E-state index contributed by atoms with van der Waals surface area (Å²) in [5.41, 5.74) is 0.359. The summed E-state index contributed by atoms with van der Waals surface area (Å²) in [7, 11) is 0. The van der Waals surface area contributed by atoms with E-state index in [1.54, 1.807) is 0 Å². The summed E-state index contributed by atoms with van der Waals surface area (Å²) in [5, 5.41) is 7.88. The number of nitrogens with zero attached hydrogens (tertiary/aromatic N) is 3. The van der Waals surface area contributed by atoms with Crippen molar-refractivity contribution in [3.05, 3.63) is 12.2 Å². The van der Waals surface area contributed by atoms with Gasteiger partial charge in [0.1, 0.15) is 6.33 Å². The predicted molar refractivity (Wildman–Crippen MR) is 64.0 cm³/mol. The molecular formula is C12H22N4. The molecule has 1 saturated carbocycles. The smallest absolute Gasteiger partial charge is 0.164 e. The molecule has 0 saturated heterocycles. The summed E-state index contributed by atoms with van der Waals surface area (Å²) in [6.07, 6.45) is 5.59. The van der Waals surface area contributed by atoms with Crippen molar-refractivity contribution in [2.24, 2.45) is 5.41 Å². The lowest BCUT2D eigenvalue weighted by Gasteiger charge is -2.17. The van der Waals surface area contributed by atoms with E-state index in [9.17, 15) is 0 Å². The molecule has 2 rings (SSSR count). The van der Waals surface area contributed by atoms with Gasteiger partial charge in [0.15, 0.2) is 5.82 Å². The highest BCUT2D eigenvalue weighted by molar-refractivity contribution is 4.87. The molecule has 0 bridgehead atoms. The fourth-order valence-electron chi connectivity index (χ4n) is 1.49. The van der Waals surface area contributed by atoms with E-state index < -0.39 is 0 Å². The van der Waals surface area contributed by atoms with Crippen LogP contribution in [0.3, 0.4) is 0 Å². The Morgan fingerprint density at radius 1 is 1.44 bits per heavy atom. The van der Waals surface area contributed by atoms with Crippen molar-refractivity contribution < 1.29 is 0 Å². The Balaban J connectivity index is 1.77. The first-order valence-corrected chi connectivity index (χ1v) is 6.15. The molecule has 0 unspecified atom stereocenters. The Morgan fingerprint density at radius 2 is 2.19 bits per heavy atom. The third-order valence-electron chi connectivity index (χ3n) is 2.80. The average molecular weight is 222 g/mol. The van der Waals surface area contributed by atoms with E-state index in [0.29, 0.717) is 5.41 Å². The van der Waals surface area contributed by atoms with Crippen LogP contribution in [0.1, 0.15) is 45.9 Å². The van der Waals surface area contributed by atoms with E-state index in [-0.39, 0.29) is 0 Å². The van der Waals surface area contributed by atoms with Crippen LogP contribution in [0.25, 0.3) is 0 Å². The Hall–Kier alpha value is -0.900. The largest absolute Gasteiger partial charge is 0.307 e. The van der Waals surface area contributed by atoms with Crippen LogP contribution in [-0.2, 0) is 13.1 Å². The molecule has 1 N–H and O–H groups in total. The Morgan fingerprint density at radius 3 is 2.81 bits per heavy atom. The predicted octanol–water partition coefficient (Wildman–Crippen LogP) is 1.97. The van der Waals surface area contributed by atoms with Gasteiger partial charge in [-0.15, -0.1) is 0 Å². The monoisotopic (exact) mass is 222 g/mol. The molecule has 1 fully saturated rings. The van der Waals surface area contributed by atoms with Crippen LogP contribution in [0.5, 0.6) is 0 Å². The molecule has 0 spiro atoms. The van der Waals surface area contributed by atoms with Crippen molar-refractivity contribution in [3.8, 4) is 0 Å². The van der Waals surface area contributed by atoms with Gasteiger partial charge in [0.25, 0.3) is 0 Å². The van der Waals surface area contributed by atoms with Gasteiger partial charge in [-0.2, -0.15) is 5.10 Å². The normalized spacial score (nSPS) is 16.7. The number of rotatable bonds is 5. The lowest BCUT2D eigenvalue weighted by molar-refractivity contribution is 0.340. The summed E-state index contributed by atoms with van der Waals surface area (Å²) in [6.45, 7) is 8.52. The second-order valence-electron chi connectivity index (χ2n) is 5.89. The fourth-order valence-corrected chi connectivity index (χ4v) is 1.49. The van der Waals surface area contributed by atoms with Crippen molar-refractivity contribution in [1.29, 1.82) is 0 Å². The maximum Gasteiger partial charge on any atom is 0.164 e. The van der Waals surface area contributed by atoms with Crippen LogP contribution in [-0.4, -0.2) is 20.8 Å². The number of hydrogen-bond acceptors (Lipinski definition) is 3. The van der Waals surface area contributed by atoms with Gasteiger partial charge in [0.2, 0.25) is 0 Å². The molecule has 1 aliphatic carbocycles. The Bertz CT molecular complexity index is 333. The molecule has 0 radical (unpaired) electrons. The van der Waals surface area contributed by atoms with Gasteiger partial charge in [-0.05, 0) is 24.7 Å². The maximum absolute atomic E-state index is 4.46. The Kier molecular flexibility index (Phi) is 3.28. The number of aryl methyl sites for hydroxylation is 1. The summed E-state index contributed by atoms with van der Waals surface area (Å²) < 4.78 is 1.95. The van der Waals surface area contributed by atoms with Gasteiger partial charge < -0.3 is 5.32 Å². The lowest BCUT2D eigenvalue weighted by atomic mass is 9.92. The number of hydrogen-bond donors (Lipinski definition) is 1. The molecule has 4 heteroatoms. The van der Waals surface area contributed by atoms with Gasteiger partial charge in [0, 0.05) is 12.6 Å². The number of aromatic nitrogens is 3. The first-order chi connectivity index (χ1) is 7.53. The molecule has 0 amide bonds. The van der Waals surface area contributed by atoms with E-state index in [2.05, 4.69) is 36.2 Å². The minimum atomic E-state index is 0.359. The zero-order valence-electron chi connectivity index (χ0n) is 10.5. The van der Waals surface area contributed by atoms with Crippen molar-refractivity contribution in [1.82, 2.24) is 20.1 Å². The van der Waals surface area contributed by atoms with Crippen LogP contribution in [0, 0.1) is 5.41 Å². The molecule has 1 aliphatic rings. The van der Waals surface area contributed by atoms with Crippen LogP contribution in [0.4, 0.5) is 0 Å². The third-order valence-corrected chi connectivity index (χ3v) is 2.80. The second kappa shape index (κ2) is 4.53. The Labute approximate surface area is 97.5 Å². The first-order valence-electron chi connectivity index (χ1n) is 6.15. The van der Waals surface area contributed by atoms with E-state index >= 15 is 0 Å². The van der Waals surface area contributed by atoms with Crippen LogP contribution in [0.15, 0.2) is 6.33 Å². The molecular weight excluding hydrogens is 200 g/mol. The van der Waals surface area contributed by atoms with E-state index in [1.807, 2.05) is 11.0 Å². The molecule has 0 aliphatic heterocycles. The minimum Gasteiger partial charge on any atom is -0.307 e. The van der Waals surface area contributed by atoms with Crippen molar-refractivity contribution in [2.45, 2.75) is 59.2 Å². The summed E-state index contributed by atoms with van der Waals surface area (Å²) in [5.74, 6) is 0.917. The van der Waals surface area contributed by atoms with Crippen molar-refractivity contribution in [2.75, 3.05) is 0 Å². The maximum atomic E-state index is 4.46. The highest BCUT2D eigenvalue weighted by atomic mass is 15.3. The molecule has 1 heterocycles. The van der Waals surface area contributed by atoms with Crippen LogP contribution in [0.2, 0.25) is 0 Å². The highest BCUT2D eigenvalue weighted by Gasteiger charge is 2.20. The second-order valence-corrected chi connectivity index (χ2v) is 5.89. The molecule has 1 aromatic rings. The third kappa shape index (κ3) is 3.93. The van der Waals surface area contributed by atoms with Gasteiger partial charge >= 0.3 is 0 Å². The van der Waals surface area contributed by atoms with E-state index in [0.717, 1.165) is 31.4 Å². The number of nitrogens with one attached hydrogen (secondary N) is 1. The molecule has 1 aromatic heterocycles. The molecule has 90 valence electrons. The summed E-state index contributed by atoms with van der Waals surface area (Å²) in [4.78, 5) is 4.31. The zero-order chi connectivity index (χ0) is 11.6. The molecule has 4 nitrogen and oxygen atoms in total. The lowest BCUT2D eigenvalue weighted by Crippen LogP contribution is -2.17. The van der Waals surface area contributed by atoms with Crippen LogP contribution >= 0.6 is 0 Å².